The van der Waals surface area contributed by atoms with Crippen molar-refractivity contribution in [2.45, 2.75) is 45.1 Å². The molecule has 0 saturated heterocycles. The molecule has 0 amide bonds. The van der Waals surface area contributed by atoms with Gasteiger partial charge in [-0.05, 0) is 24.7 Å². The molecule has 0 saturated carbocycles. The van der Waals surface area contributed by atoms with Gasteiger partial charge in [0.1, 0.15) is 10.7 Å². The van der Waals surface area contributed by atoms with Gasteiger partial charge in [-0.3, -0.25) is 4.40 Å². The van der Waals surface area contributed by atoms with Crippen molar-refractivity contribution in [3.8, 4) is 0 Å². The van der Waals surface area contributed by atoms with E-state index in [1.807, 2.05) is 13.2 Å². The van der Waals surface area contributed by atoms with Crippen LogP contribution in [-0.4, -0.2) is 31.9 Å². The highest BCUT2D eigenvalue weighted by atomic mass is 32.2. The number of hydrogen-bond acceptors (Lipinski definition) is 6. The standard InChI is InChI=1S/C15H18N4OS2/c1-7(2)10-5-9-11(6-20-10)22-14-12(9)13-18-17-8(3)19(13)15(16-14)21-4/h7,10H,5-6H2,1-4H3. The topological polar surface area (TPSA) is 52.3 Å². The molecule has 1 unspecified atom stereocenters. The third kappa shape index (κ3) is 1.99. The van der Waals surface area contributed by atoms with E-state index in [4.69, 9.17) is 9.72 Å². The molecular weight excluding hydrogens is 316 g/mol. The smallest absolute Gasteiger partial charge is 0.176 e. The van der Waals surface area contributed by atoms with Crippen LogP contribution in [0.3, 0.4) is 0 Å². The normalized spacial score (nSPS) is 18.5. The zero-order valence-corrected chi connectivity index (χ0v) is 14.7. The highest BCUT2D eigenvalue weighted by Gasteiger charge is 2.28. The predicted molar refractivity (Wildman–Crippen MR) is 89.8 cm³/mol. The van der Waals surface area contributed by atoms with Crippen molar-refractivity contribution >= 4 is 39.0 Å². The monoisotopic (exact) mass is 334 g/mol. The Morgan fingerprint density at radius 1 is 1.36 bits per heavy atom. The Hall–Kier alpha value is -1.18. The molecule has 1 aliphatic heterocycles. The fourth-order valence-corrected chi connectivity index (χ4v) is 4.80. The Morgan fingerprint density at radius 2 is 2.18 bits per heavy atom. The first kappa shape index (κ1) is 14.4. The van der Waals surface area contributed by atoms with Gasteiger partial charge in [0.2, 0.25) is 0 Å². The second kappa shape index (κ2) is 5.18. The predicted octanol–water partition coefficient (Wildman–Crippen LogP) is 3.47. The van der Waals surface area contributed by atoms with Gasteiger partial charge >= 0.3 is 0 Å². The van der Waals surface area contributed by atoms with E-state index in [1.54, 1.807) is 23.1 Å². The van der Waals surface area contributed by atoms with Crippen LogP contribution >= 0.6 is 23.1 Å². The molecular formula is C15H18N4OS2. The van der Waals surface area contributed by atoms with Crippen LogP contribution in [0.1, 0.15) is 30.1 Å². The lowest BCUT2D eigenvalue weighted by Gasteiger charge is -2.26. The highest BCUT2D eigenvalue weighted by molar-refractivity contribution is 7.98. The number of rotatable bonds is 2. The zero-order valence-electron chi connectivity index (χ0n) is 13.1. The molecule has 22 heavy (non-hydrogen) atoms. The third-order valence-electron chi connectivity index (χ3n) is 4.27. The minimum absolute atomic E-state index is 0.273. The lowest BCUT2D eigenvalue weighted by atomic mass is 9.96. The van der Waals surface area contributed by atoms with Gasteiger partial charge in [-0.25, -0.2) is 4.98 Å². The molecule has 5 nitrogen and oxygen atoms in total. The van der Waals surface area contributed by atoms with Gasteiger partial charge in [0.15, 0.2) is 10.8 Å². The van der Waals surface area contributed by atoms with E-state index < -0.39 is 0 Å². The van der Waals surface area contributed by atoms with Crippen LogP contribution in [-0.2, 0) is 17.8 Å². The van der Waals surface area contributed by atoms with Gasteiger partial charge in [0.25, 0.3) is 0 Å². The van der Waals surface area contributed by atoms with Gasteiger partial charge in [0.05, 0.1) is 18.1 Å². The Labute approximate surface area is 137 Å². The first-order chi connectivity index (χ1) is 10.6. The molecule has 0 N–H and O–H groups in total. The molecule has 116 valence electrons. The van der Waals surface area contributed by atoms with E-state index in [-0.39, 0.29) is 6.10 Å². The van der Waals surface area contributed by atoms with E-state index in [0.717, 1.165) is 27.9 Å². The minimum Gasteiger partial charge on any atom is -0.372 e. The molecule has 0 bridgehead atoms. The number of aromatic nitrogens is 4. The maximum absolute atomic E-state index is 6.00. The lowest BCUT2D eigenvalue weighted by Crippen LogP contribution is -2.26. The van der Waals surface area contributed by atoms with Crippen molar-refractivity contribution < 1.29 is 4.74 Å². The fraction of sp³-hybridized carbons (Fsp3) is 0.533. The number of hydrogen-bond donors (Lipinski definition) is 0. The summed E-state index contributed by atoms with van der Waals surface area (Å²) >= 11 is 3.37. The molecule has 3 aromatic rings. The summed E-state index contributed by atoms with van der Waals surface area (Å²) in [5.74, 6) is 1.40. The summed E-state index contributed by atoms with van der Waals surface area (Å²) in [6, 6.07) is 0. The maximum Gasteiger partial charge on any atom is 0.176 e. The summed E-state index contributed by atoms with van der Waals surface area (Å²) in [4.78, 5) is 7.19. The van der Waals surface area contributed by atoms with E-state index >= 15 is 0 Å². The first-order valence-electron chi connectivity index (χ1n) is 7.41. The quantitative estimate of drug-likeness (QED) is 0.530. The number of fused-ring (bicyclic) bond motifs is 5. The van der Waals surface area contributed by atoms with Gasteiger partial charge in [-0.2, -0.15) is 0 Å². The number of thiophene rings is 1. The van der Waals surface area contributed by atoms with Crippen LogP contribution in [0.5, 0.6) is 0 Å². The Morgan fingerprint density at radius 3 is 2.91 bits per heavy atom. The van der Waals surface area contributed by atoms with Gasteiger partial charge < -0.3 is 4.74 Å². The van der Waals surface area contributed by atoms with Crippen molar-refractivity contribution in [1.82, 2.24) is 19.6 Å². The zero-order chi connectivity index (χ0) is 15.4. The summed E-state index contributed by atoms with van der Waals surface area (Å²) in [5, 5.41) is 10.8. The van der Waals surface area contributed by atoms with Gasteiger partial charge in [-0.15, -0.1) is 21.5 Å². The molecule has 4 rings (SSSR count). The summed E-state index contributed by atoms with van der Waals surface area (Å²) in [5.41, 5.74) is 2.30. The first-order valence-corrected chi connectivity index (χ1v) is 9.45. The SMILES string of the molecule is CSc1nc2sc3c(c2c2nnc(C)n12)CC(C(C)C)OC3. The van der Waals surface area contributed by atoms with E-state index in [2.05, 4.69) is 28.4 Å². The third-order valence-corrected chi connectivity index (χ3v) is 6.01. The summed E-state index contributed by atoms with van der Waals surface area (Å²) in [7, 11) is 0. The van der Waals surface area contributed by atoms with Crippen LogP contribution < -0.4 is 0 Å². The Bertz CT molecular complexity index is 868. The maximum atomic E-state index is 6.00. The fourth-order valence-electron chi connectivity index (χ4n) is 3.04. The Balaban J connectivity index is 2.02. The van der Waals surface area contributed by atoms with Crippen LogP contribution in [0.25, 0.3) is 15.9 Å². The lowest BCUT2D eigenvalue weighted by molar-refractivity contribution is 0.00203. The molecule has 0 fully saturated rings. The van der Waals surface area contributed by atoms with E-state index in [1.165, 1.54) is 15.8 Å². The van der Waals surface area contributed by atoms with Crippen LogP contribution in [0.2, 0.25) is 0 Å². The van der Waals surface area contributed by atoms with Crippen molar-refractivity contribution in [3.05, 3.63) is 16.3 Å². The number of nitrogens with zero attached hydrogens (tertiary/aromatic N) is 4. The molecule has 3 aromatic heterocycles. The summed E-state index contributed by atoms with van der Waals surface area (Å²) in [6.07, 6.45) is 3.25. The van der Waals surface area contributed by atoms with Gasteiger partial charge in [0, 0.05) is 11.3 Å². The van der Waals surface area contributed by atoms with E-state index in [9.17, 15) is 0 Å². The molecule has 1 aliphatic rings. The molecule has 0 aliphatic carbocycles. The van der Waals surface area contributed by atoms with Crippen LogP contribution in [0, 0.1) is 12.8 Å². The van der Waals surface area contributed by atoms with Crippen molar-refractivity contribution in [2.75, 3.05) is 6.26 Å². The van der Waals surface area contributed by atoms with Crippen LogP contribution in [0.15, 0.2) is 5.16 Å². The number of thioether (sulfide) groups is 1. The number of aryl methyl sites for hydroxylation is 1. The van der Waals surface area contributed by atoms with Gasteiger partial charge in [-0.1, -0.05) is 25.6 Å². The average molecular weight is 334 g/mol. The van der Waals surface area contributed by atoms with Crippen molar-refractivity contribution in [2.24, 2.45) is 5.92 Å². The molecule has 0 spiro atoms. The largest absolute Gasteiger partial charge is 0.372 e. The second-order valence-corrected chi connectivity index (χ2v) is 7.84. The van der Waals surface area contributed by atoms with E-state index in [0.29, 0.717) is 12.5 Å². The van der Waals surface area contributed by atoms with Crippen molar-refractivity contribution in [1.29, 1.82) is 0 Å². The Kier molecular flexibility index (Phi) is 3.39. The molecule has 0 radical (unpaired) electrons. The summed E-state index contributed by atoms with van der Waals surface area (Å²) < 4.78 is 8.07. The molecule has 0 aromatic carbocycles. The average Bonchev–Trinajstić information content (AvgIpc) is 3.06. The van der Waals surface area contributed by atoms with Crippen LogP contribution in [0.4, 0.5) is 0 Å². The molecule has 1 atom stereocenters. The molecule has 4 heterocycles. The highest BCUT2D eigenvalue weighted by Crippen LogP contribution is 2.39. The molecule has 7 heteroatoms. The number of ether oxygens (including phenoxy) is 1. The van der Waals surface area contributed by atoms with Crippen molar-refractivity contribution in [3.63, 3.8) is 0 Å². The second-order valence-electron chi connectivity index (χ2n) is 5.99. The minimum atomic E-state index is 0.273. The summed E-state index contributed by atoms with van der Waals surface area (Å²) in [6.45, 7) is 7.09.